The zero-order valence-corrected chi connectivity index (χ0v) is 30.0. The molecule has 47 heavy (non-hydrogen) atoms. The monoisotopic (exact) mass is 644 g/mol. The number of hydrogen-bond donors (Lipinski definition) is 0. The van der Waals surface area contributed by atoms with Crippen LogP contribution in [0.15, 0.2) is 48.5 Å². The van der Waals surface area contributed by atoms with Gasteiger partial charge in [0.15, 0.2) is 0 Å². The van der Waals surface area contributed by atoms with Crippen LogP contribution in [0.25, 0.3) is 0 Å². The van der Waals surface area contributed by atoms with E-state index in [9.17, 15) is 9.59 Å². The second kappa shape index (κ2) is 20.7. The smallest absolute Gasteiger partial charge is 0.338 e. The van der Waals surface area contributed by atoms with Crippen molar-refractivity contribution in [2.24, 2.45) is 11.8 Å². The predicted octanol–water partition coefficient (Wildman–Crippen LogP) is 12.4. The van der Waals surface area contributed by atoms with Crippen molar-refractivity contribution in [2.45, 2.75) is 167 Å². The van der Waals surface area contributed by atoms with Gasteiger partial charge in [0.05, 0.1) is 11.1 Å². The number of benzene rings is 2. The van der Waals surface area contributed by atoms with Gasteiger partial charge in [0.1, 0.15) is 12.7 Å². The summed E-state index contributed by atoms with van der Waals surface area (Å²) in [6, 6.07) is 15.9. The summed E-state index contributed by atoms with van der Waals surface area (Å²) in [7, 11) is 0. The number of esters is 2. The van der Waals surface area contributed by atoms with Crippen molar-refractivity contribution < 1.29 is 19.1 Å². The highest BCUT2D eigenvalue weighted by molar-refractivity contribution is 5.90. The van der Waals surface area contributed by atoms with E-state index in [0.29, 0.717) is 23.0 Å². The van der Waals surface area contributed by atoms with E-state index < -0.39 is 6.10 Å². The molecule has 0 bridgehead atoms. The summed E-state index contributed by atoms with van der Waals surface area (Å²) in [4.78, 5) is 25.5. The minimum absolute atomic E-state index is 0.0364. The van der Waals surface area contributed by atoms with Gasteiger partial charge in [0, 0.05) is 0 Å². The summed E-state index contributed by atoms with van der Waals surface area (Å²) in [6.45, 7) is 6.36. The third-order valence-corrected chi connectivity index (χ3v) is 11.1. The van der Waals surface area contributed by atoms with Gasteiger partial charge in [-0.3, -0.25) is 0 Å². The van der Waals surface area contributed by atoms with Crippen molar-refractivity contribution >= 4 is 11.9 Å². The van der Waals surface area contributed by atoms with Gasteiger partial charge in [-0.1, -0.05) is 115 Å². The second-order valence-corrected chi connectivity index (χ2v) is 14.9. The lowest BCUT2D eigenvalue weighted by molar-refractivity contribution is 0.00447. The number of carbonyl (C=O) groups excluding carboxylic acids is 2. The third-order valence-electron chi connectivity index (χ3n) is 11.1. The lowest BCUT2D eigenvalue weighted by atomic mass is 9.77. The highest BCUT2D eigenvalue weighted by Gasteiger charge is 2.24. The summed E-state index contributed by atoms with van der Waals surface area (Å²) in [5.74, 6) is 2.22. The lowest BCUT2D eigenvalue weighted by Crippen LogP contribution is -2.22. The van der Waals surface area contributed by atoms with E-state index in [-0.39, 0.29) is 18.5 Å². The van der Waals surface area contributed by atoms with Crippen molar-refractivity contribution in [3.63, 3.8) is 0 Å². The van der Waals surface area contributed by atoms with Crippen LogP contribution in [-0.4, -0.2) is 24.6 Å². The van der Waals surface area contributed by atoms with Gasteiger partial charge in [-0.05, 0) is 117 Å². The highest BCUT2D eigenvalue weighted by atomic mass is 16.6. The molecule has 0 aliphatic heterocycles. The number of hydrogen-bond acceptors (Lipinski definition) is 4. The number of rotatable bonds is 19. The first-order valence-corrected chi connectivity index (χ1v) is 19.5. The van der Waals surface area contributed by atoms with Crippen LogP contribution in [0.4, 0.5) is 0 Å². The van der Waals surface area contributed by atoms with E-state index in [1.165, 1.54) is 140 Å². The zero-order chi connectivity index (χ0) is 33.3. The van der Waals surface area contributed by atoms with Crippen LogP contribution in [-0.2, 0) is 9.47 Å². The molecule has 1 unspecified atom stereocenters. The summed E-state index contributed by atoms with van der Waals surface area (Å²) in [6.07, 6.45) is 26.2. The molecular formula is C43H64O4. The Morgan fingerprint density at radius 1 is 0.574 bits per heavy atom. The number of carbonyl (C=O) groups is 2. The van der Waals surface area contributed by atoms with E-state index in [1.807, 2.05) is 24.3 Å². The molecule has 0 amide bonds. The SMILES string of the molecule is CCCCCCC[C@H]1CC[C@H](c2ccc(C(=O)OCC(C)OC(=O)c3ccc([C@H]4CC[C@H](CCCCCCC)CC4)cc3)cc2)CC1. The molecule has 2 aromatic carbocycles. The molecule has 1 atom stereocenters. The molecule has 0 radical (unpaired) electrons. The standard InChI is InChI=1S/C43H64O4/c1-4-6-8-10-12-14-34-16-20-36(21-17-34)38-24-28-40(29-25-38)42(44)46-32-33(3)47-43(45)41-30-26-39(27-31-41)37-22-18-35(19-23-37)15-13-11-9-7-5-2/h24-31,33-37H,4-23,32H2,1-3H3/t33?,34-,35-,36-,37-. The highest BCUT2D eigenvalue weighted by Crippen LogP contribution is 2.39. The quantitative estimate of drug-likeness (QED) is 0.113. The third kappa shape index (κ3) is 12.7. The van der Waals surface area contributed by atoms with Gasteiger partial charge >= 0.3 is 11.9 Å². The first kappa shape index (κ1) is 37.2. The van der Waals surface area contributed by atoms with Crippen LogP contribution in [0.2, 0.25) is 0 Å². The van der Waals surface area contributed by atoms with Crippen molar-refractivity contribution in [3.05, 3.63) is 70.8 Å². The van der Waals surface area contributed by atoms with Gasteiger partial charge < -0.3 is 9.47 Å². The fraction of sp³-hybridized carbons (Fsp3) is 0.674. The maximum absolute atomic E-state index is 12.8. The zero-order valence-electron chi connectivity index (χ0n) is 30.0. The van der Waals surface area contributed by atoms with Gasteiger partial charge in [-0.15, -0.1) is 0 Å². The van der Waals surface area contributed by atoms with Crippen molar-refractivity contribution in [3.8, 4) is 0 Å². The van der Waals surface area contributed by atoms with Crippen LogP contribution < -0.4 is 0 Å². The van der Waals surface area contributed by atoms with Crippen molar-refractivity contribution in [1.82, 2.24) is 0 Å². The van der Waals surface area contributed by atoms with Crippen LogP contribution in [0, 0.1) is 11.8 Å². The minimum atomic E-state index is -0.524. The van der Waals surface area contributed by atoms with Crippen LogP contribution in [0.3, 0.4) is 0 Å². The Bertz CT molecular complexity index is 1150. The molecule has 2 aromatic rings. The molecule has 2 saturated carbocycles. The molecule has 2 fully saturated rings. The largest absolute Gasteiger partial charge is 0.458 e. The molecule has 0 aromatic heterocycles. The first-order chi connectivity index (χ1) is 23.0. The Hall–Kier alpha value is -2.62. The van der Waals surface area contributed by atoms with Crippen LogP contribution in [0.5, 0.6) is 0 Å². The number of unbranched alkanes of at least 4 members (excludes halogenated alkanes) is 8. The number of ether oxygens (including phenoxy) is 2. The molecule has 2 aliphatic carbocycles. The van der Waals surface area contributed by atoms with E-state index >= 15 is 0 Å². The summed E-state index contributed by atoms with van der Waals surface area (Å²) < 4.78 is 11.1. The van der Waals surface area contributed by atoms with Gasteiger partial charge in [0.2, 0.25) is 0 Å². The Labute approximate surface area is 286 Å². The molecule has 260 valence electrons. The predicted molar refractivity (Wildman–Crippen MR) is 194 cm³/mol. The van der Waals surface area contributed by atoms with Crippen molar-refractivity contribution in [1.29, 1.82) is 0 Å². The molecule has 4 rings (SSSR count). The molecular weight excluding hydrogens is 580 g/mol. The first-order valence-electron chi connectivity index (χ1n) is 19.5. The molecule has 0 spiro atoms. The molecule has 4 heteroatoms. The molecule has 4 nitrogen and oxygen atoms in total. The van der Waals surface area contributed by atoms with E-state index in [2.05, 4.69) is 38.1 Å². The van der Waals surface area contributed by atoms with Crippen LogP contribution >= 0.6 is 0 Å². The molecule has 0 saturated heterocycles. The Kier molecular flexibility index (Phi) is 16.4. The van der Waals surface area contributed by atoms with Gasteiger partial charge in [-0.25, -0.2) is 9.59 Å². The average Bonchev–Trinajstić information content (AvgIpc) is 3.11. The maximum Gasteiger partial charge on any atom is 0.338 e. The van der Waals surface area contributed by atoms with E-state index in [0.717, 1.165) is 11.8 Å². The van der Waals surface area contributed by atoms with Gasteiger partial charge in [0.25, 0.3) is 0 Å². The molecule has 0 N–H and O–H groups in total. The second-order valence-electron chi connectivity index (χ2n) is 14.9. The molecule has 0 heterocycles. The lowest BCUT2D eigenvalue weighted by Gasteiger charge is -2.29. The fourth-order valence-corrected chi connectivity index (χ4v) is 7.99. The summed E-state index contributed by atoms with van der Waals surface area (Å²) in [5.41, 5.74) is 3.75. The molecule has 2 aliphatic rings. The topological polar surface area (TPSA) is 52.6 Å². The van der Waals surface area contributed by atoms with Crippen LogP contribution in [0.1, 0.15) is 193 Å². The Morgan fingerprint density at radius 2 is 0.979 bits per heavy atom. The fourth-order valence-electron chi connectivity index (χ4n) is 7.99. The van der Waals surface area contributed by atoms with Crippen molar-refractivity contribution in [2.75, 3.05) is 6.61 Å². The Morgan fingerprint density at radius 3 is 1.40 bits per heavy atom. The Balaban J connectivity index is 1.12. The van der Waals surface area contributed by atoms with E-state index in [1.54, 1.807) is 6.92 Å². The summed E-state index contributed by atoms with van der Waals surface area (Å²) >= 11 is 0. The average molecular weight is 645 g/mol. The minimum Gasteiger partial charge on any atom is -0.458 e. The maximum atomic E-state index is 12.8. The summed E-state index contributed by atoms with van der Waals surface area (Å²) in [5, 5.41) is 0. The van der Waals surface area contributed by atoms with Gasteiger partial charge in [-0.2, -0.15) is 0 Å². The van der Waals surface area contributed by atoms with E-state index in [4.69, 9.17) is 9.47 Å². The normalized spacial score (nSPS) is 22.0.